The Balaban J connectivity index is 1.57. The first-order valence-corrected chi connectivity index (χ1v) is 11.0. The maximum Gasteiger partial charge on any atom is 0.269 e. The molecular weight excluding hydrogens is 470 g/mol. The summed E-state index contributed by atoms with van der Waals surface area (Å²) >= 11 is 3.31. The van der Waals surface area contributed by atoms with Crippen LogP contribution < -0.4 is 15.8 Å². The lowest BCUT2D eigenvalue weighted by molar-refractivity contribution is -0.123. The Morgan fingerprint density at radius 3 is 1.84 bits per heavy atom. The second-order valence-electron chi connectivity index (χ2n) is 7.42. The monoisotopic (exact) mass is 493 g/mol. The van der Waals surface area contributed by atoms with Crippen molar-refractivity contribution < 1.29 is 14.4 Å². The number of nitrogens with zero attached hydrogens (tertiary/aromatic N) is 1. The highest BCUT2D eigenvalue weighted by molar-refractivity contribution is 9.10. The summed E-state index contributed by atoms with van der Waals surface area (Å²) < 4.78 is 0.858. The molecule has 3 aromatic rings. The first-order chi connectivity index (χ1) is 15.4. The van der Waals surface area contributed by atoms with Gasteiger partial charge in [-0.1, -0.05) is 59.3 Å². The number of hydrogen-bond donors (Lipinski definition) is 2. The van der Waals surface area contributed by atoms with Gasteiger partial charge in [-0.15, -0.1) is 0 Å². The van der Waals surface area contributed by atoms with Gasteiger partial charge in [-0.2, -0.15) is 0 Å². The summed E-state index contributed by atoms with van der Waals surface area (Å²) in [6.45, 7) is 1.84. The molecule has 3 rings (SSSR count). The van der Waals surface area contributed by atoms with E-state index in [0.717, 1.165) is 15.8 Å². The third kappa shape index (κ3) is 6.52. The third-order valence-electron chi connectivity index (χ3n) is 4.76. The SMILES string of the molecule is C[C@H](CC(=O)NNC(=O)c1ccc(Br)cc1)CC(=O)N(c1ccccc1)c1ccccc1. The molecule has 2 N–H and O–H groups in total. The number of anilines is 2. The molecule has 0 aliphatic rings. The minimum atomic E-state index is -0.408. The lowest BCUT2D eigenvalue weighted by atomic mass is 10.0. The number of amides is 3. The molecule has 0 bridgehead atoms. The zero-order valence-electron chi connectivity index (χ0n) is 17.6. The quantitative estimate of drug-likeness (QED) is 0.455. The largest absolute Gasteiger partial charge is 0.281 e. The van der Waals surface area contributed by atoms with Gasteiger partial charge < -0.3 is 0 Å². The van der Waals surface area contributed by atoms with Gasteiger partial charge in [-0.05, 0) is 54.4 Å². The van der Waals surface area contributed by atoms with Crippen molar-refractivity contribution in [1.29, 1.82) is 0 Å². The average Bonchev–Trinajstić information content (AvgIpc) is 2.79. The molecule has 0 radical (unpaired) electrons. The Morgan fingerprint density at radius 2 is 1.31 bits per heavy atom. The molecule has 164 valence electrons. The van der Waals surface area contributed by atoms with Gasteiger partial charge in [-0.3, -0.25) is 30.1 Å². The molecule has 0 spiro atoms. The van der Waals surface area contributed by atoms with Crippen molar-refractivity contribution in [3.8, 4) is 0 Å². The fraction of sp³-hybridized carbons (Fsp3) is 0.160. The summed E-state index contributed by atoms with van der Waals surface area (Å²) in [5.41, 5.74) is 6.78. The summed E-state index contributed by atoms with van der Waals surface area (Å²) in [7, 11) is 0. The van der Waals surface area contributed by atoms with Gasteiger partial charge in [0.1, 0.15) is 0 Å². The number of carbonyl (C=O) groups is 3. The zero-order valence-corrected chi connectivity index (χ0v) is 19.2. The standard InChI is InChI=1S/C25H24BrN3O3/c1-18(16-23(30)27-28-25(32)19-12-14-20(26)15-13-19)17-24(31)29(21-8-4-2-5-9-21)22-10-6-3-7-11-22/h2-15,18H,16-17H2,1H3,(H,27,30)(H,28,32)/t18-/m1/s1. The highest BCUT2D eigenvalue weighted by Crippen LogP contribution is 2.27. The number of hydrogen-bond acceptors (Lipinski definition) is 3. The van der Waals surface area contributed by atoms with Crippen LogP contribution in [0.4, 0.5) is 11.4 Å². The van der Waals surface area contributed by atoms with Gasteiger partial charge >= 0.3 is 0 Å². The van der Waals surface area contributed by atoms with E-state index < -0.39 is 5.91 Å². The minimum absolute atomic E-state index is 0.101. The van der Waals surface area contributed by atoms with Crippen LogP contribution >= 0.6 is 15.9 Å². The highest BCUT2D eigenvalue weighted by atomic mass is 79.9. The predicted molar refractivity (Wildman–Crippen MR) is 128 cm³/mol. The van der Waals surface area contributed by atoms with Crippen LogP contribution in [0.2, 0.25) is 0 Å². The number of nitrogens with one attached hydrogen (secondary N) is 2. The van der Waals surface area contributed by atoms with Crippen molar-refractivity contribution in [3.63, 3.8) is 0 Å². The average molecular weight is 494 g/mol. The molecule has 7 heteroatoms. The van der Waals surface area contributed by atoms with Crippen molar-refractivity contribution in [2.45, 2.75) is 19.8 Å². The Morgan fingerprint density at radius 1 is 0.781 bits per heavy atom. The highest BCUT2D eigenvalue weighted by Gasteiger charge is 2.21. The number of benzene rings is 3. The molecule has 3 aromatic carbocycles. The lowest BCUT2D eigenvalue weighted by Crippen LogP contribution is -2.42. The van der Waals surface area contributed by atoms with Gasteiger partial charge in [-0.25, -0.2) is 0 Å². The van der Waals surface area contributed by atoms with Crippen LogP contribution in [-0.2, 0) is 9.59 Å². The van der Waals surface area contributed by atoms with E-state index in [4.69, 9.17) is 0 Å². The summed E-state index contributed by atoms with van der Waals surface area (Å²) in [5, 5.41) is 0. The Labute approximate surface area is 195 Å². The van der Waals surface area contributed by atoms with Crippen molar-refractivity contribution >= 4 is 45.0 Å². The van der Waals surface area contributed by atoms with Crippen LogP contribution in [0, 0.1) is 5.92 Å². The smallest absolute Gasteiger partial charge is 0.269 e. The minimum Gasteiger partial charge on any atom is -0.281 e. The van der Waals surface area contributed by atoms with Crippen molar-refractivity contribution in [2.75, 3.05) is 4.90 Å². The van der Waals surface area contributed by atoms with Crippen LogP contribution in [0.3, 0.4) is 0 Å². The Kier molecular flexibility index (Phi) is 8.16. The van der Waals surface area contributed by atoms with Crippen molar-refractivity contribution in [2.24, 2.45) is 5.92 Å². The van der Waals surface area contributed by atoms with Gasteiger partial charge in [0.25, 0.3) is 5.91 Å². The van der Waals surface area contributed by atoms with Crippen LogP contribution in [0.25, 0.3) is 0 Å². The fourth-order valence-corrected chi connectivity index (χ4v) is 3.48. The predicted octanol–water partition coefficient (Wildman–Crippen LogP) is 4.99. The second-order valence-corrected chi connectivity index (χ2v) is 8.34. The lowest BCUT2D eigenvalue weighted by Gasteiger charge is -2.24. The van der Waals surface area contributed by atoms with E-state index in [1.807, 2.05) is 67.6 Å². The van der Waals surface area contributed by atoms with Gasteiger partial charge in [0.2, 0.25) is 11.8 Å². The maximum atomic E-state index is 13.1. The molecule has 0 unspecified atom stereocenters. The molecule has 6 nitrogen and oxygen atoms in total. The Hall–Kier alpha value is -3.45. The molecule has 0 aromatic heterocycles. The van der Waals surface area contributed by atoms with Crippen LogP contribution in [0.1, 0.15) is 30.1 Å². The summed E-state index contributed by atoms with van der Waals surface area (Å²) in [6, 6.07) is 25.6. The molecule has 0 saturated carbocycles. The number of rotatable bonds is 7. The summed E-state index contributed by atoms with van der Waals surface area (Å²) in [5.74, 6) is -1.10. The molecule has 0 aliphatic carbocycles. The van der Waals surface area contributed by atoms with E-state index in [2.05, 4.69) is 26.8 Å². The van der Waals surface area contributed by atoms with Gasteiger partial charge in [0, 0.05) is 34.3 Å². The molecule has 1 atom stereocenters. The number of carbonyl (C=O) groups excluding carboxylic acids is 3. The van der Waals surface area contributed by atoms with E-state index in [9.17, 15) is 14.4 Å². The topological polar surface area (TPSA) is 78.5 Å². The molecule has 0 saturated heterocycles. The van der Waals surface area contributed by atoms with Crippen molar-refractivity contribution in [3.05, 3.63) is 95.0 Å². The molecule has 0 aliphatic heterocycles. The van der Waals surface area contributed by atoms with Gasteiger partial charge in [0.15, 0.2) is 0 Å². The van der Waals surface area contributed by atoms with E-state index in [1.54, 1.807) is 29.2 Å². The van der Waals surface area contributed by atoms with E-state index in [1.165, 1.54) is 0 Å². The van der Waals surface area contributed by atoms with E-state index in [0.29, 0.717) is 5.56 Å². The second kappa shape index (κ2) is 11.2. The molecule has 3 amide bonds. The first kappa shape index (κ1) is 23.2. The van der Waals surface area contributed by atoms with Gasteiger partial charge in [0.05, 0.1) is 0 Å². The van der Waals surface area contributed by atoms with E-state index in [-0.39, 0.29) is 30.6 Å². The number of para-hydroxylation sites is 2. The maximum absolute atomic E-state index is 13.1. The molecule has 0 fully saturated rings. The Bertz CT molecular complexity index is 1020. The summed E-state index contributed by atoms with van der Waals surface area (Å²) in [6.07, 6.45) is 0.279. The first-order valence-electron chi connectivity index (χ1n) is 10.2. The van der Waals surface area contributed by atoms with Crippen LogP contribution in [0.5, 0.6) is 0 Å². The van der Waals surface area contributed by atoms with Crippen molar-refractivity contribution in [1.82, 2.24) is 10.9 Å². The molecule has 32 heavy (non-hydrogen) atoms. The molecular formula is C25H24BrN3O3. The fourth-order valence-electron chi connectivity index (χ4n) is 3.22. The van der Waals surface area contributed by atoms with E-state index >= 15 is 0 Å². The van der Waals surface area contributed by atoms with Crippen LogP contribution in [-0.4, -0.2) is 17.7 Å². The number of hydrazine groups is 1. The van der Waals surface area contributed by atoms with Crippen LogP contribution in [0.15, 0.2) is 89.4 Å². The molecule has 0 heterocycles. The third-order valence-corrected chi connectivity index (χ3v) is 5.29. The zero-order chi connectivity index (χ0) is 22.9. The number of halogens is 1. The normalized spacial score (nSPS) is 11.3. The summed E-state index contributed by atoms with van der Waals surface area (Å²) in [4.78, 5) is 39.2.